The van der Waals surface area contributed by atoms with Gasteiger partial charge in [0, 0.05) is 20.1 Å². The van der Waals surface area contributed by atoms with Gasteiger partial charge in [0.1, 0.15) is 5.15 Å². The number of halogens is 1. The normalized spacial score (nSPS) is 20.7. The molecule has 1 aromatic rings. The summed E-state index contributed by atoms with van der Waals surface area (Å²) in [5.41, 5.74) is 1.27. The number of carbonyl (C=O) groups excluding carboxylic acids is 1. The lowest BCUT2D eigenvalue weighted by molar-refractivity contribution is 0.0682. The van der Waals surface area contributed by atoms with E-state index in [0.717, 1.165) is 19.5 Å². The monoisotopic (exact) mass is 255 g/mol. The van der Waals surface area contributed by atoms with Crippen LogP contribution in [-0.2, 0) is 7.05 Å². The van der Waals surface area contributed by atoms with Gasteiger partial charge in [-0.25, -0.2) is 0 Å². The van der Waals surface area contributed by atoms with Crippen LogP contribution in [0.25, 0.3) is 0 Å². The van der Waals surface area contributed by atoms with Crippen molar-refractivity contribution in [2.75, 3.05) is 13.1 Å². The van der Waals surface area contributed by atoms with E-state index in [1.54, 1.807) is 11.7 Å². The second-order valence-corrected chi connectivity index (χ2v) is 5.23. The van der Waals surface area contributed by atoms with Crippen molar-refractivity contribution in [1.29, 1.82) is 0 Å². The van der Waals surface area contributed by atoms with Crippen LogP contribution in [0.4, 0.5) is 0 Å². The third-order valence-electron chi connectivity index (χ3n) is 3.31. The summed E-state index contributed by atoms with van der Waals surface area (Å²) in [6.07, 6.45) is 2.27. The second kappa shape index (κ2) is 4.69. The molecule has 0 radical (unpaired) electrons. The molecular formula is C12H18ClN3O. The van der Waals surface area contributed by atoms with Crippen LogP contribution in [-0.4, -0.2) is 33.7 Å². The van der Waals surface area contributed by atoms with E-state index in [9.17, 15) is 4.79 Å². The molecule has 1 saturated heterocycles. The zero-order valence-electron chi connectivity index (χ0n) is 10.5. The van der Waals surface area contributed by atoms with Gasteiger partial charge in [-0.1, -0.05) is 18.5 Å². The number of aryl methyl sites for hydroxylation is 2. The molecule has 2 rings (SSSR count). The molecule has 4 nitrogen and oxygen atoms in total. The van der Waals surface area contributed by atoms with Gasteiger partial charge < -0.3 is 4.90 Å². The Morgan fingerprint density at radius 3 is 2.76 bits per heavy atom. The van der Waals surface area contributed by atoms with E-state index in [2.05, 4.69) is 12.0 Å². The summed E-state index contributed by atoms with van der Waals surface area (Å²) >= 11 is 6.12. The molecular weight excluding hydrogens is 238 g/mol. The molecule has 1 aliphatic heterocycles. The van der Waals surface area contributed by atoms with Gasteiger partial charge in [-0.2, -0.15) is 5.10 Å². The first kappa shape index (κ1) is 12.4. The molecule has 1 aromatic heterocycles. The second-order valence-electron chi connectivity index (χ2n) is 4.87. The molecule has 0 saturated carbocycles. The lowest BCUT2D eigenvalue weighted by Crippen LogP contribution is -2.39. The number of likely N-dealkylation sites (tertiary alicyclic amines) is 1. The predicted octanol–water partition coefficient (Wildman–Crippen LogP) is 2.25. The van der Waals surface area contributed by atoms with Crippen molar-refractivity contribution >= 4 is 17.5 Å². The molecule has 5 heteroatoms. The smallest absolute Gasteiger partial charge is 0.258 e. The van der Waals surface area contributed by atoms with Gasteiger partial charge in [0.15, 0.2) is 0 Å². The maximum absolute atomic E-state index is 12.4. The van der Waals surface area contributed by atoms with E-state index in [4.69, 9.17) is 11.6 Å². The Morgan fingerprint density at radius 2 is 2.24 bits per heavy atom. The minimum atomic E-state index is 0.0205. The standard InChI is InChI=1S/C12H18ClN3O/c1-8-5-4-6-16(7-8)12(17)10-9(2)14-15(3)11(10)13/h8H,4-7H2,1-3H3/t8-/m1/s1. The van der Waals surface area contributed by atoms with Crippen LogP contribution in [0.2, 0.25) is 5.15 Å². The van der Waals surface area contributed by atoms with Crippen LogP contribution in [0, 0.1) is 12.8 Å². The van der Waals surface area contributed by atoms with Crippen molar-refractivity contribution in [2.24, 2.45) is 13.0 Å². The van der Waals surface area contributed by atoms with Crippen molar-refractivity contribution < 1.29 is 4.79 Å². The number of rotatable bonds is 1. The highest BCUT2D eigenvalue weighted by atomic mass is 35.5. The number of hydrogen-bond acceptors (Lipinski definition) is 2. The van der Waals surface area contributed by atoms with Crippen molar-refractivity contribution in [3.8, 4) is 0 Å². The average molecular weight is 256 g/mol. The molecule has 1 amide bonds. The number of piperidine rings is 1. The van der Waals surface area contributed by atoms with Crippen LogP contribution < -0.4 is 0 Å². The van der Waals surface area contributed by atoms with E-state index >= 15 is 0 Å². The Labute approximate surface area is 107 Å². The molecule has 0 aromatic carbocycles. The van der Waals surface area contributed by atoms with Gasteiger partial charge >= 0.3 is 0 Å². The predicted molar refractivity (Wildman–Crippen MR) is 67.3 cm³/mol. The summed E-state index contributed by atoms with van der Waals surface area (Å²) in [6, 6.07) is 0. The quantitative estimate of drug-likeness (QED) is 0.772. The van der Waals surface area contributed by atoms with Gasteiger partial charge in [-0.15, -0.1) is 0 Å². The highest BCUT2D eigenvalue weighted by Crippen LogP contribution is 2.23. The number of amides is 1. The molecule has 17 heavy (non-hydrogen) atoms. The van der Waals surface area contributed by atoms with Crippen LogP contribution in [0.3, 0.4) is 0 Å². The van der Waals surface area contributed by atoms with Gasteiger partial charge in [0.2, 0.25) is 0 Å². The van der Waals surface area contributed by atoms with E-state index in [1.807, 2.05) is 11.8 Å². The molecule has 0 spiro atoms. The fourth-order valence-corrected chi connectivity index (χ4v) is 2.66. The summed E-state index contributed by atoms with van der Waals surface area (Å²) in [7, 11) is 1.75. The first-order valence-corrected chi connectivity index (χ1v) is 6.37. The molecule has 0 unspecified atom stereocenters. The Balaban J connectivity index is 2.24. The summed E-state index contributed by atoms with van der Waals surface area (Å²) in [5.74, 6) is 0.593. The highest BCUT2D eigenvalue weighted by molar-refractivity contribution is 6.33. The largest absolute Gasteiger partial charge is 0.338 e. The maximum atomic E-state index is 12.4. The zero-order chi connectivity index (χ0) is 12.6. The average Bonchev–Trinajstić information content (AvgIpc) is 2.52. The van der Waals surface area contributed by atoms with Gasteiger partial charge in [0.05, 0.1) is 11.3 Å². The third-order valence-corrected chi connectivity index (χ3v) is 3.74. The van der Waals surface area contributed by atoms with Gasteiger partial charge in [0.25, 0.3) is 5.91 Å². The number of carbonyl (C=O) groups is 1. The minimum absolute atomic E-state index is 0.0205. The van der Waals surface area contributed by atoms with E-state index < -0.39 is 0 Å². The number of aromatic nitrogens is 2. The molecule has 1 fully saturated rings. The minimum Gasteiger partial charge on any atom is -0.338 e. The van der Waals surface area contributed by atoms with Gasteiger partial charge in [-0.3, -0.25) is 9.48 Å². The summed E-state index contributed by atoms with van der Waals surface area (Å²) in [4.78, 5) is 14.3. The third kappa shape index (κ3) is 2.32. The van der Waals surface area contributed by atoms with Crippen LogP contribution in [0.5, 0.6) is 0 Å². The Morgan fingerprint density at radius 1 is 1.53 bits per heavy atom. The summed E-state index contributed by atoms with van der Waals surface area (Å²) in [5, 5.41) is 4.62. The Kier molecular flexibility index (Phi) is 3.43. The Hall–Kier alpha value is -1.03. The molecule has 2 heterocycles. The molecule has 0 bridgehead atoms. The highest BCUT2D eigenvalue weighted by Gasteiger charge is 2.27. The zero-order valence-corrected chi connectivity index (χ0v) is 11.3. The number of hydrogen-bond donors (Lipinski definition) is 0. The van der Waals surface area contributed by atoms with Crippen molar-refractivity contribution in [2.45, 2.75) is 26.7 Å². The first-order valence-electron chi connectivity index (χ1n) is 5.99. The van der Waals surface area contributed by atoms with Gasteiger partial charge in [-0.05, 0) is 25.7 Å². The summed E-state index contributed by atoms with van der Waals surface area (Å²) < 4.78 is 1.55. The van der Waals surface area contributed by atoms with E-state index in [1.165, 1.54) is 6.42 Å². The summed E-state index contributed by atoms with van der Waals surface area (Å²) in [6.45, 7) is 5.65. The molecule has 94 valence electrons. The van der Waals surface area contributed by atoms with E-state index in [-0.39, 0.29) is 5.91 Å². The molecule has 1 aliphatic rings. The lowest BCUT2D eigenvalue weighted by Gasteiger charge is -2.30. The SMILES string of the molecule is Cc1nn(C)c(Cl)c1C(=O)N1CCC[C@@H](C)C1. The molecule has 0 N–H and O–H groups in total. The van der Waals surface area contributed by atoms with Crippen molar-refractivity contribution in [3.63, 3.8) is 0 Å². The van der Waals surface area contributed by atoms with Crippen LogP contribution in [0.1, 0.15) is 35.8 Å². The fraction of sp³-hybridized carbons (Fsp3) is 0.667. The fourth-order valence-electron chi connectivity index (χ4n) is 2.40. The molecule has 1 atom stereocenters. The van der Waals surface area contributed by atoms with Crippen LogP contribution >= 0.6 is 11.6 Å². The first-order chi connectivity index (χ1) is 8.00. The van der Waals surface area contributed by atoms with Crippen molar-refractivity contribution in [1.82, 2.24) is 14.7 Å². The number of nitrogens with zero attached hydrogens (tertiary/aromatic N) is 3. The molecule has 0 aliphatic carbocycles. The van der Waals surface area contributed by atoms with E-state index in [0.29, 0.717) is 22.3 Å². The van der Waals surface area contributed by atoms with Crippen LogP contribution in [0.15, 0.2) is 0 Å². The lowest BCUT2D eigenvalue weighted by atomic mass is 9.99. The maximum Gasteiger partial charge on any atom is 0.258 e. The van der Waals surface area contributed by atoms with Crippen molar-refractivity contribution in [3.05, 3.63) is 16.4 Å². The Bertz CT molecular complexity index is 441. The topological polar surface area (TPSA) is 38.1 Å².